The molecule has 0 fully saturated rings. The molecule has 0 aliphatic carbocycles. The molecule has 1 rings (SSSR count). The Morgan fingerprint density at radius 1 is 1.31 bits per heavy atom. The van der Waals surface area contributed by atoms with Gasteiger partial charge >= 0.3 is 6.18 Å². The van der Waals surface area contributed by atoms with E-state index < -0.39 is 11.7 Å². The van der Waals surface area contributed by atoms with Crippen LogP contribution in [0, 0.1) is 6.92 Å². The van der Waals surface area contributed by atoms with Gasteiger partial charge in [-0.25, -0.2) is 0 Å². The van der Waals surface area contributed by atoms with Gasteiger partial charge in [0, 0.05) is 10.2 Å². The fraction of sp³-hybridized carbons (Fsp3) is 0.250. The van der Waals surface area contributed by atoms with Crippen LogP contribution in [0.2, 0.25) is 0 Å². The van der Waals surface area contributed by atoms with Crippen LogP contribution in [0.5, 0.6) is 0 Å². The van der Waals surface area contributed by atoms with Gasteiger partial charge in [0.05, 0.1) is 5.56 Å². The minimum atomic E-state index is -4.33. The molecule has 0 bridgehead atoms. The maximum absolute atomic E-state index is 12.3. The van der Waals surface area contributed by atoms with Crippen molar-refractivity contribution in [3.63, 3.8) is 0 Å². The van der Waals surface area contributed by atoms with Gasteiger partial charge in [0.15, 0.2) is 0 Å². The average Bonchev–Trinajstić information content (AvgIpc) is 1.98. The highest BCUT2D eigenvalue weighted by Gasteiger charge is 2.33. The minimum Gasteiger partial charge on any atom is -0.398 e. The summed E-state index contributed by atoms with van der Waals surface area (Å²) < 4.78 is 37.4. The maximum Gasteiger partial charge on any atom is 0.416 e. The molecule has 0 radical (unpaired) electrons. The molecule has 0 aliphatic heterocycles. The SMILES string of the molecule is Cc1c(C(F)(F)F)ccc(Br)c1N. The summed E-state index contributed by atoms with van der Waals surface area (Å²) in [4.78, 5) is 0. The largest absolute Gasteiger partial charge is 0.416 e. The molecular formula is C8H7BrF3N. The summed E-state index contributed by atoms with van der Waals surface area (Å²) in [6.07, 6.45) is -4.33. The van der Waals surface area contributed by atoms with Gasteiger partial charge in [0.2, 0.25) is 0 Å². The molecular weight excluding hydrogens is 247 g/mol. The Morgan fingerprint density at radius 3 is 2.31 bits per heavy atom. The van der Waals surface area contributed by atoms with Crippen LogP contribution in [0.1, 0.15) is 11.1 Å². The molecule has 0 heterocycles. The Balaban J connectivity index is 3.35. The van der Waals surface area contributed by atoms with E-state index in [1.807, 2.05) is 0 Å². The van der Waals surface area contributed by atoms with Gasteiger partial charge in [-0.2, -0.15) is 13.2 Å². The van der Waals surface area contributed by atoms with Crippen molar-refractivity contribution >= 4 is 21.6 Å². The highest BCUT2D eigenvalue weighted by atomic mass is 79.9. The zero-order chi connectivity index (χ0) is 10.2. The fourth-order valence-corrected chi connectivity index (χ4v) is 1.43. The zero-order valence-electron chi connectivity index (χ0n) is 6.74. The van der Waals surface area contributed by atoms with Crippen molar-refractivity contribution < 1.29 is 13.2 Å². The number of alkyl halides is 3. The van der Waals surface area contributed by atoms with E-state index in [9.17, 15) is 13.2 Å². The number of hydrogen-bond donors (Lipinski definition) is 1. The summed E-state index contributed by atoms with van der Waals surface area (Å²) in [7, 11) is 0. The van der Waals surface area contributed by atoms with Gasteiger partial charge < -0.3 is 5.73 Å². The van der Waals surface area contributed by atoms with Gasteiger partial charge in [-0.3, -0.25) is 0 Å². The van der Waals surface area contributed by atoms with Gasteiger partial charge in [-0.1, -0.05) is 0 Å². The van der Waals surface area contributed by atoms with Crippen molar-refractivity contribution in [1.82, 2.24) is 0 Å². The first-order chi connectivity index (χ1) is 5.84. The quantitative estimate of drug-likeness (QED) is 0.706. The Hall–Kier alpha value is -0.710. The van der Waals surface area contributed by atoms with E-state index in [-0.39, 0.29) is 11.3 Å². The van der Waals surface area contributed by atoms with E-state index in [1.165, 1.54) is 13.0 Å². The van der Waals surface area contributed by atoms with Crippen LogP contribution in [-0.2, 0) is 6.18 Å². The monoisotopic (exact) mass is 253 g/mol. The molecule has 5 heteroatoms. The number of nitrogen functional groups attached to an aromatic ring is 1. The molecule has 13 heavy (non-hydrogen) atoms. The highest BCUT2D eigenvalue weighted by Crippen LogP contribution is 2.36. The molecule has 0 amide bonds. The van der Waals surface area contributed by atoms with Crippen molar-refractivity contribution in [3.8, 4) is 0 Å². The molecule has 0 spiro atoms. The topological polar surface area (TPSA) is 26.0 Å². The summed E-state index contributed by atoms with van der Waals surface area (Å²) in [5.41, 5.74) is 4.94. The Kier molecular flexibility index (Phi) is 2.56. The maximum atomic E-state index is 12.3. The van der Waals surface area contributed by atoms with Crippen molar-refractivity contribution in [2.75, 3.05) is 5.73 Å². The summed E-state index contributed by atoms with van der Waals surface area (Å²) in [5, 5.41) is 0. The molecule has 0 unspecified atom stereocenters. The molecule has 1 aromatic carbocycles. The lowest BCUT2D eigenvalue weighted by Crippen LogP contribution is -2.09. The van der Waals surface area contributed by atoms with E-state index in [2.05, 4.69) is 15.9 Å². The zero-order valence-corrected chi connectivity index (χ0v) is 8.33. The van der Waals surface area contributed by atoms with E-state index in [0.717, 1.165) is 6.07 Å². The summed E-state index contributed by atoms with van der Waals surface area (Å²) in [6, 6.07) is 2.31. The normalized spacial score (nSPS) is 11.8. The van der Waals surface area contributed by atoms with Gasteiger partial charge in [-0.15, -0.1) is 0 Å². The first-order valence-corrected chi connectivity index (χ1v) is 4.25. The second kappa shape index (κ2) is 3.21. The predicted molar refractivity (Wildman–Crippen MR) is 48.3 cm³/mol. The van der Waals surface area contributed by atoms with E-state index in [0.29, 0.717) is 4.47 Å². The minimum absolute atomic E-state index is 0.0573. The Morgan fingerprint density at radius 2 is 1.85 bits per heavy atom. The molecule has 0 aliphatic rings. The van der Waals surface area contributed by atoms with E-state index in [1.54, 1.807) is 0 Å². The number of benzene rings is 1. The fourth-order valence-electron chi connectivity index (χ4n) is 1.00. The number of hydrogen-bond acceptors (Lipinski definition) is 1. The number of rotatable bonds is 0. The molecule has 1 nitrogen and oxygen atoms in total. The smallest absolute Gasteiger partial charge is 0.398 e. The number of nitrogens with two attached hydrogens (primary N) is 1. The van der Waals surface area contributed by atoms with Crippen LogP contribution < -0.4 is 5.73 Å². The van der Waals surface area contributed by atoms with Crippen molar-refractivity contribution in [2.24, 2.45) is 0 Å². The average molecular weight is 254 g/mol. The Bertz CT molecular complexity index is 333. The van der Waals surface area contributed by atoms with Crippen molar-refractivity contribution in [2.45, 2.75) is 13.1 Å². The van der Waals surface area contributed by atoms with Gasteiger partial charge in [0.1, 0.15) is 0 Å². The number of halogens is 4. The van der Waals surface area contributed by atoms with Crippen LogP contribution in [0.4, 0.5) is 18.9 Å². The summed E-state index contributed by atoms with van der Waals surface area (Å²) >= 11 is 3.05. The molecule has 0 aromatic heterocycles. The number of anilines is 1. The van der Waals surface area contributed by atoms with Crippen LogP contribution in [0.3, 0.4) is 0 Å². The first-order valence-electron chi connectivity index (χ1n) is 3.46. The lowest BCUT2D eigenvalue weighted by molar-refractivity contribution is -0.138. The van der Waals surface area contributed by atoms with Crippen LogP contribution in [0.25, 0.3) is 0 Å². The predicted octanol–water partition coefficient (Wildman–Crippen LogP) is 3.36. The second-order valence-electron chi connectivity index (χ2n) is 2.63. The molecule has 1 aromatic rings. The van der Waals surface area contributed by atoms with Crippen LogP contribution in [0.15, 0.2) is 16.6 Å². The van der Waals surface area contributed by atoms with E-state index >= 15 is 0 Å². The third kappa shape index (κ3) is 1.96. The summed E-state index contributed by atoms with van der Waals surface area (Å²) in [6.45, 7) is 1.35. The molecule has 0 saturated carbocycles. The standard InChI is InChI=1S/C8H7BrF3N/c1-4-5(8(10,11)12)2-3-6(9)7(4)13/h2-3H,13H2,1H3. The van der Waals surface area contributed by atoms with Gasteiger partial charge in [-0.05, 0) is 40.5 Å². The lowest BCUT2D eigenvalue weighted by atomic mass is 10.1. The van der Waals surface area contributed by atoms with Gasteiger partial charge in [0.25, 0.3) is 0 Å². The van der Waals surface area contributed by atoms with E-state index in [4.69, 9.17) is 5.73 Å². The molecule has 2 N–H and O–H groups in total. The molecule has 72 valence electrons. The second-order valence-corrected chi connectivity index (χ2v) is 3.49. The third-order valence-corrected chi connectivity index (χ3v) is 2.46. The van der Waals surface area contributed by atoms with Crippen LogP contribution >= 0.6 is 15.9 Å². The van der Waals surface area contributed by atoms with Crippen molar-refractivity contribution in [1.29, 1.82) is 0 Å². The highest BCUT2D eigenvalue weighted by molar-refractivity contribution is 9.10. The Labute approximate surface area is 81.9 Å². The lowest BCUT2D eigenvalue weighted by Gasteiger charge is -2.12. The molecule has 0 atom stereocenters. The third-order valence-electron chi connectivity index (χ3n) is 1.77. The molecule has 0 saturated heterocycles. The van der Waals surface area contributed by atoms with Crippen LogP contribution in [-0.4, -0.2) is 0 Å². The first kappa shape index (κ1) is 10.4. The van der Waals surface area contributed by atoms with Crippen molar-refractivity contribution in [3.05, 3.63) is 27.7 Å². The summed E-state index contributed by atoms with van der Waals surface area (Å²) in [5.74, 6) is 0.